The Bertz CT molecular complexity index is 6770. The highest BCUT2D eigenvalue weighted by Crippen LogP contribution is 2.32. The number of rotatable bonds is 30. The molecule has 0 bridgehead atoms. The molecule has 3 aromatic carbocycles. The number of hydrogen-bond acceptors (Lipinski definition) is 22. The van der Waals surface area contributed by atoms with Gasteiger partial charge in [-0.05, 0) is 220 Å². The third kappa shape index (κ3) is 28.0. The van der Waals surface area contributed by atoms with Gasteiger partial charge in [-0.3, -0.25) is 72.9 Å². The van der Waals surface area contributed by atoms with E-state index in [0.717, 1.165) is 45.1 Å². The van der Waals surface area contributed by atoms with Crippen LogP contribution in [0.25, 0.3) is 57.6 Å². The summed E-state index contributed by atoms with van der Waals surface area (Å²) in [6.07, 6.45) is 20.0. The number of nitrogens with one attached hydrogen (secondary N) is 7. The van der Waals surface area contributed by atoms with Gasteiger partial charge in [-0.25, -0.2) is 29.3 Å². The molecule has 1 fully saturated rings. The van der Waals surface area contributed by atoms with E-state index in [1.54, 1.807) is 156 Å². The molecule has 32 heteroatoms. The zero-order valence-electron chi connectivity index (χ0n) is 76.4. The summed E-state index contributed by atoms with van der Waals surface area (Å²) >= 11 is 1.72. The Hall–Kier alpha value is -15.5. The van der Waals surface area contributed by atoms with Crippen LogP contribution in [0.2, 0.25) is 0 Å². The molecule has 1 saturated carbocycles. The van der Waals surface area contributed by atoms with Gasteiger partial charge in [-0.1, -0.05) is 97.8 Å². The summed E-state index contributed by atoms with van der Waals surface area (Å²) in [5, 5.41) is 16.8. The zero-order chi connectivity index (χ0) is 95.7. The number of aryl methyl sites for hydroxylation is 7. The van der Waals surface area contributed by atoms with Gasteiger partial charge < -0.3 is 45.4 Å². The van der Waals surface area contributed by atoms with Gasteiger partial charge in [0.05, 0.1) is 17.7 Å². The maximum Gasteiger partial charge on any atom is 0.254 e. The molecule has 16 rings (SSSR count). The fraction of sp³-hybridized carbons (Fsp3) is 0.291. The third-order valence-electron chi connectivity index (χ3n) is 23.2. The van der Waals surface area contributed by atoms with Gasteiger partial charge in [0, 0.05) is 168 Å². The van der Waals surface area contributed by atoms with E-state index < -0.39 is 0 Å². The van der Waals surface area contributed by atoms with E-state index in [1.807, 2.05) is 96.9 Å². The van der Waals surface area contributed by atoms with Crippen LogP contribution in [0.5, 0.6) is 0 Å². The van der Waals surface area contributed by atoms with Gasteiger partial charge in [-0.15, -0.1) is 11.3 Å². The number of aromatic amines is 5. The molecule has 2 aliphatic rings. The van der Waals surface area contributed by atoms with E-state index in [-0.39, 0.29) is 108 Å². The quantitative estimate of drug-likeness (QED) is 0.0220. The summed E-state index contributed by atoms with van der Waals surface area (Å²) in [5.74, 6) is 1.67. The lowest BCUT2D eigenvalue weighted by Crippen LogP contribution is -2.39. The van der Waals surface area contributed by atoms with Crippen LogP contribution >= 0.6 is 11.3 Å². The van der Waals surface area contributed by atoms with Crippen molar-refractivity contribution in [3.8, 4) is 63.7 Å². The standard InChI is InChI=1S/C22H22N4O2.C21H19N5O2.C20H19FN4O2.C20H26N4O2.C20H21N3O2S/c1-14-16(22(28)26-21(24-14)19-8-4-5-13-23-19)10-12-20(27)25-18-11-9-15-6-2-3-7-17(15)18;1-14-17(21(28)25-20(24-14)18-8-3-4-11-23-18)9-10-19(27)26(2)16-7-5-6-15(12-16)13-22;1-13-15(20(27)25-19(24-13)17-8-4-5-11-22-17)9-10-18(26)23-12-14-6-2-3-7-16(14)21;1-3-24(15-8-4-5-9-15)18(25)12-11-16-14(2)22-19(23-20(16)26)17-10-6-7-13-21-17;1-14-17(11-10-15(24)6-4-7-16-8-5-13-26-16)20(25)23-19(22-14)18-9-2-3-12-21-18/h2-8,13,18H,9-12H2,1H3,(H,25,27)(H,24,26,28);3-8,11-12H,9-10H2,1-2H3,(H,24,25,28);2-8,11H,9-10,12H2,1H3,(H,23,26)(H,24,25,27);6-7,10,13,15H,3-5,8-9,11-12H2,1-2H3,(H,22,23,26);2-3,5,8-9,12-13H,4,6-7,10-11H2,1H3,(H,22,23,25). The van der Waals surface area contributed by atoms with Gasteiger partial charge >= 0.3 is 0 Å². The normalized spacial score (nSPS) is 12.3. The predicted molar refractivity (Wildman–Crippen MR) is 516 cm³/mol. The molecule has 30 nitrogen and oxygen atoms in total. The van der Waals surface area contributed by atoms with Crippen molar-refractivity contribution in [1.82, 2.24) is 90.3 Å². The molecule has 1 atom stereocenters. The van der Waals surface area contributed by atoms with Gasteiger partial charge in [-0.2, -0.15) is 5.26 Å². The number of aromatic nitrogens is 15. The van der Waals surface area contributed by atoms with Crippen LogP contribution in [-0.4, -0.2) is 129 Å². The first kappa shape index (κ1) is 98.5. The zero-order valence-corrected chi connectivity index (χ0v) is 77.2. The molecule has 0 radical (unpaired) electrons. The summed E-state index contributed by atoms with van der Waals surface area (Å²) in [5.41, 5.74) is 11.6. The van der Waals surface area contributed by atoms with Crippen molar-refractivity contribution in [3.63, 3.8) is 0 Å². The van der Waals surface area contributed by atoms with E-state index in [0.29, 0.717) is 175 Å². The second kappa shape index (κ2) is 49.1. The summed E-state index contributed by atoms with van der Waals surface area (Å²) in [4.78, 5) is 186. The van der Waals surface area contributed by atoms with Gasteiger partial charge in [0.15, 0.2) is 29.1 Å². The summed E-state index contributed by atoms with van der Waals surface area (Å²) in [6.45, 7) is 11.8. The van der Waals surface area contributed by atoms with E-state index in [2.05, 4.69) is 110 Å². The SMILES string of the molecule is CCN(C(=O)CCc1c(C)nc(-c2ccccn2)[nH]c1=O)C1CCCC1.Cc1nc(-c2ccccn2)[nH]c(=O)c1CCC(=O)CCCc1cccs1.Cc1nc(-c2ccccn2)[nH]c(=O)c1CCC(=O)N(C)c1cccc(C#N)c1.Cc1nc(-c2ccccn2)[nH]c(=O)c1CCC(=O)NC1CCc2ccccc21.Cc1nc(-c2ccccn2)[nH]c(=O)c1CCC(=O)NCc1ccccc1F. The molecule has 2 aliphatic carbocycles. The number of anilines is 1. The number of thiophene rings is 1. The average molecular weight is 1840 g/mol. The minimum atomic E-state index is -0.362. The number of fused-ring (bicyclic) bond motifs is 1. The molecule has 7 N–H and O–H groups in total. The van der Waals surface area contributed by atoms with Crippen LogP contribution in [0.1, 0.15) is 173 Å². The lowest BCUT2D eigenvalue weighted by atomic mass is 10.0. The maximum atomic E-state index is 13.6. The number of halogens is 1. The Kier molecular flexibility index (Phi) is 35.8. The number of nitriles is 1. The number of benzene rings is 3. The van der Waals surface area contributed by atoms with Crippen LogP contribution in [0, 0.1) is 51.8 Å². The van der Waals surface area contributed by atoms with Crippen molar-refractivity contribution in [1.29, 1.82) is 5.26 Å². The Morgan fingerprint density at radius 3 is 1.29 bits per heavy atom. The maximum absolute atomic E-state index is 13.6. The Morgan fingerprint density at radius 1 is 0.459 bits per heavy atom. The number of carbonyl (C=O) groups is 5. The lowest BCUT2D eigenvalue weighted by molar-refractivity contribution is -0.133. The van der Waals surface area contributed by atoms with Crippen LogP contribution in [0.3, 0.4) is 0 Å². The third-order valence-corrected chi connectivity index (χ3v) is 24.1. The van der Waals surface area contributed by atoms with Crippen LogP contribution in [0.15, 0.2) is 236 Å². The van der Waals surface area contributed by atoms with Gasteiger partial charge in [0.25, 0.3) is 27.8 Å². The van der Waals surface area contributed by atoms with Crippen LogP contribution < -0.4 is 43.3 Å². The number of H-pyrrole nitrogens is 5. The van der Waals surface area contributed by atoms with Crippen molar-refractivity contribution < 1.29 is 28.4 Å². The summed E-state index contributed by atoms with van der Waals surface area (Å²) in [7, 11) is 1.65. The first-order valence-electron chi connectivity index (χ1n) is 44.9. The molecular formula is C103H107FN20O10S. The van der Waals surface area contributed by atoms with Crippen molar-refractivity contribution >= 4 is 46.4 Å². The monoisotopic (exact) mass is 1830 g/mol. The molecule has 0 saturated heterocycles. The number of Topliss-reactive ketones (excluding diaryl/α,β-unsaturated/α-hetero) is 1. The first-order valence-corrected chi connectivity index (χ1v) is 45.8. The second-order valence-corrected chi connectivity index (χ2v) is 33.4. The molecule has 14 aromatic rings. The van der Waals surface area contributed by atoms with Gasteiger partial charge in [0.1, 0.15) is 40.1 Å². The number of amides is 4. The molecule has 1 unspecified atom stereocenters. The molecule has 135 heavy (non-hydrogen) atoms. The van der Waals surface area contributed by atoms with Crippen LogP contribution in [0.4, 0.5) is 10.1 Å². The minimum absolute atomic E-state index is 0.0469. The molecule has 11 aromatic heterocycles. The van der Waals surface area contributed by atoms with Crippen molar-refractivity contribution in [2.75, 3.05) is 18.5 Å². The highest BCUT2D eigenvalue weighted by molar-refractivity contribution is 7.09. The Labute approximate surface area is 783 Å². The highest BCUT2D eigenvalue weighted by Gasteiger charge is 2.28. The van der Waals surface area contributed by atoms with Crippen molar-refractivity contribution in [3.05, 3.63) is 353 Å². The Balaban J connectivity index is 0.000000152. The second-order valence-electron chi connectivity index (χ2n) is 32.4. The minimum Gasteiger partial charge on any atom is -0.352 e. The summed E-state index contributed by atoms with van der Waals surface area (Å²) < 4.78 is 13.6. The van der Waals surface area contributed by atoms with E-state index in [4.69, 9.17) is 5.26 Å². The summed E-state index contributed by atoms with van der Waals surface area (Å²) in [6, 6.07) is 55.0. The first-order chi connectivity index (χ1) is 65.4. The fourth-order valence-corrected chi connectivity index (χ4v) is 16.6. The number of carbonyl (C=O) groups excluding carboxylic acids is 5. The molecule has 692 valence electrons. The number of ketones is 1. The van der Waals surface area contributed by atoms with Gasteiger partial charge in [0.2, 0.25) is 23.6 Å². The van der Waals surface area contributed by atoms with E-state index in [9.17, 15) is 52.3 Å². The predicted octanol–water partition coefficient (Wildman–Crippen LogP) is 14.6. The van der Waals surface area contributed by atoms with Crippen LogP contribution in [-0.2, 0) is 75.5 Å². The Morgan fingerprint density at radius 2 is 0.874 bits per heavy atom. The molecular weight excluding hydrogens is 1730 g/mol. The van der Waals surface area contributed by atoms with Crippen molar-refractivity contribution in [2.45, 2.75) is 182 Å². The smallest absolute Gasteiger partial charge is 0.254 e. The molecule has 0 aliphatic heterocycles. The topological polar surface area (TPSA) is 433 Å². The van der Waals surface area contributed by atoms with E-state index in [1.165, 1.54) is 39.8 Å². The molecule has 11 heterocycles. The van der Waals surface area contributed by atoms with Crippen molar-refractivity contribution in [2.24, 2.45) is 0 Å². The average Bonchev–Trinajstić information content (AvgIpc) is 1.56. The number of pyridine rings is 5. The largest absolute Gasteiger partial charge is 0.352 e. The lowest BCUT2D eigenvalue weighted by Gasteiger charge is -2.27. The number of hydrogen-bond donors (Lipinski definition) is 7. The highest BCUT2D eigenvalue weighted by atomic mass is 32.1. The fourth-order valence-electron chi connectivity index (χ4n) is 15.9. The van der Waals surface area contributed by atoms with E-state index >= 15 is 0 Å². The molecule has 0 spiro atoms. The number of nitrogens with zero attached hydrogens (tertiary/aromatic N) is 13. The molecule has 4 amide bonds.